The zero-order valence-corrected chi connectivity index (χ0v) is 13.6. The van der Waals surface area contributed by atoms with Crippen LogP contribution in [-0.2, 0) is 7.05 Å². The third-order valence-corrected chi connectivity index (χ3v) is 3.84. The van der Waals surface area contributed by atoms with Crippen LogP contribution in [0.25, 0.3) is 0 Å². The minimum atomic E-state index is 0.0807. The van der Waals surface area contributed by atoms with Gasteiger partial charge in [0.2, 0.25) is 0 Å². The van der Waals surface area contributed by atoms with E-state index in [4.69, 9.17) is 4.74 Å². The van der Waals surface area contributed by atoms with Crippen LogP contribution in [-0.4, -0.2) is 23.2 Å². The highest BCUT2D eigenvalue weighted by atomic mass is 79.9. The molecule has 4 nitrogen and oxygen atoms in total. The summed E-state index contributed by atoms with van der Waals surface area (Å²) < 4.78 is 8.29. The van der Waals surface area contributed by atoms with Gasteiger partial charge in [-0.2, -0.15) is 0 Å². The number of hydrogen-bond donors (Lipinski definition) is 1. The van der Waals surface area contributed by atoms with Crippen LogP contribution in [0.4, 0.5) is 0 Å². The molecule has 1 heterocycles. The topological polar surface area (TPSA) is 39.1 Å². The molecule has 0 amide bonds. The Morgan fingerprint density at radius 3 is 2.80 bits per heavy atom. The minimum Gasteiger partial charge on any atom is -0.496 e. The predicted molar refractivity (Wildman–Crippen MR) is 84.0 cm³/mol. The van der Waals surface area contributed by atoms with Crippen molar-refractivity contribution in [2.45, 2.75) is 19.4 Å². The fourth-order valence-electron chi connectivity index (χ4n) is 2.16. The van der Waals surface area contributed by atoms with Gasteiger partial charge in [0.15, 0.2) is 0 Å². The van der Waals surface area contributed by atoms with Gasteiger partial charge in [-0.3, -0.25) is 0 Å². The number of halogens is 1. The second-order valence-electron chi connectivity index (χ2n) is 4.68. The lowest BCUT2D eigenvalue weighted by Crippen LogP contribution is -2.25. The summed E-state index contributed by atoms with van der Waals surface area (Å²) in [7, 11) is 3.69. The molecular weight excluding hydrogens is 318 g/mol. The molecule has 0 fully saturated rings. The first kappa shape index (κ1) is 15.1. The number of nitrogens with one attached hydrogen (secondary N) is 1. The maximum absolute atomic E-state index is 5.29. The first-order valence-electron chi connectivity index (χ1n) is 6.71. The van der Waals surface area contributed by atoms with Crippen molar-refractivity contribution in [3.05, 3.63) is 46.5 Å². The maximum atomic E-state index is 5.29. The first-order chi connectivity index (χ1) is 9.67. The SMILES string of the molecule is CCCNC(c1ccc(OC)c(Br)c1)c1nccn1C. The average Bonchev–Trinajstić information content (AvgIpc) is 2.86. The van der Waals surface area contributed by atoms with Crippen LogP contribution in [0.5, 0.6) is 5.75 Å². The van der Waals surface area contributed by atoms with Gasteiger partial charge in [-0.1, -0.05) is 13.0 Å². The summed E-state index contributed by atoms with van der Waals surface area (Å²) in [6.45, 7) is 3.10. The summed E-state index contributed by atoms with van der Waals surface area (Å²) in [6, 6.07) is 6.22. The molecule has 1 aromatic heterocycles. The van der Waals surface area contributed by atoms with E-state index in [0.717, 1.165) is 29.0 Å². The third-order valence-electron chi connectivity index (χ3n) is 3.22. The van der Waals surface area contributed by atoms with Gasteiger partial charge in [0.05, 0.1) is 17.6 Å². The summed E-state index contributed by atoms with van der Waals surface area (Å²) in [5.74, 6) is 1.85. The van der Waals surface area contributed by atoms with E-state index in [-0.39, 0.29) is 6.04 Å². The van der Waals surface area contributed by atoms with E-state index in [9.17, 15) is 0 Å². The van der Waals surface area contributed by atoms with E-state index < -0.39 is 0 Å². The van der Waals surface area contributed by atoms with Crippen LogP contribution in [0, 0.1) is 0 Å². The van der Waals surface area contributed by atoms with E-state index in [1.54, 1.807) is 7.11 Å². The number of imidazole rings is 1. The van der Waals surface area contributed by atoms with Crippen molar-refractivity contribution in [1.29, 1.82) is 0 Å². The lowest BCUT2D eigenvalue weighted by Gasteiger charge is -2.19. The molecule has 0 aliphatic heterocycles. The van der Waals surface area contributed by atoms with Gasteiger partial charge in [0, 0.05) is 19.4 Å². The van der Waals surface area contributed by atoms with Gasteiger partial charge in [-0.05, 0) is 46.6 Å². The van der Waals surface area contributed by atoms with Crippen molar-refractivity contribution in [3.63, 3.8) is 0 Å². The molecule has 2 rings (SSSR count). The molecule has 1 aromatic carbocycles. The van der Waals surface area contributed by atoms with Crippen molar-refractivity contribution in [3.8, 4) is 5.75 Å². The highest BCUT2D eigenvalue weighted by Gasteiger charge is 2.18. The van der Waals surface area contributed by atoms with Crippen LogP contribution in [0.3, 0.4) is 0 Å². The summed E-state index contributed by atoms with van der Waals surface area (Å²) in [5, 5.41) is 3.55. The van der Waals surface area contributed by atoms with Crippen molar-refractivity contribution in [1.82, 2.24) is 14.9 Å². The van der Waals surface area contributed by atoms with Crippen LogP contribution < -0.4 is 10.1 Å². The Balaban J connectivity index is 2.36. The molecule has 0 bridgehead atoms. The van der Waals surface area contributed by atoms with Gasteiger partial charge >= 0.3 is 0 Å². The van der Waals surface area contributed by atoms with Crippen LogP contribution in [0.2, 0.25) is 0 Å². The smallest absolute Gasteiger partial charge is 0.133 e. The van der Waals surface area contributed by atoms with E-state index >= 15 is 0 Å². The molecule has 1 atom stereocenters. The standard InChI is InChI=1S/C15H20BrN3O/c1-4-7-17-14(15-18-8-9-19(15)2)11-5-6-13(20-3)12(16)10-11/h5-6,8-10,14,17H,4,7H2,1-3H3. The summed E-state index contributed by atoms with van der Waals surface area (Å²) in [5.41, 5.74) is 1.17. The lowest BCUT2D eigenvalue weighted by atomic mass is 10.1. The zero-order valence-electron chi connectivity index (χ0n) is 12.1. The van der Waals surface area contributed by atoms with Gasteiger partial charge in [-0.15, -0.1) is 0 Å². The highest BCUT2D eigenvalue weighted by Crippen LogP contribution is 2.30. The quantitative estimate of drug-likeness (QED) is 0.879. The van der Waals surface area contributed by atoms with Gasteiger partial charge in [-0.25, -0.2) is 4.98 Å². The first-order valence-corrected chi connectivity index (χ1v) is 7.50. The van der Waals surface area contributed by atoms with Crippen molar-refractivity contribution in [2.75, 3.05) is 13.7 Å². The van der Waals surface area contributed by atoms with Crippen LogP contribution >= 0.6 is 15.9 Å². The molecule has 0 saturated heterocycles. The maximum Gasteiger partial charge on any atom is 0.133 e. The number of aryl methyl sites for hydroxylation is 1. The van der Waals surface area contributed by atoms with Crippen molar-refractivity contribution in [2.24, 2.45) is 7.05 Å². The third kappa shape index (κ3) is 3.22. The molecule has 0 aliphatic rings. The van der Waals surface area contributed by atoms with Crippen molar-refractivity contribution >= 4 is 15.9 Å². The Labute approximate surface area is 128 Å². The van der Waals surface area contributed by atoms with Crippen LogP contribution in [0.15, 0.2) is 35.1 Å². The largest absolute Gasteiger partial charge is 0.496 e. The van der Waals surface area contributed by atoms with Gasteiger partial charge in [0.1, 0.15) is 11.6 Å². The monoisotopic (exact) mass is 337 g/mol. The minimum absolute atomic E-state index is 0.0807. The van der Waals surface area contributed by atoms with Crippen molar-refractivity contribution < 1.29 is 4.74 Å². The molecule has 108 valence electrons. The zero-order chi connectivity index (χ0) is 14.5. The number of benzene rings is 1. The molecule has 0 radical (unpaired) electrons. The molecular formula is C15H20BrN3O. The second-order valence-corrected chi connectivity index (χ2v) is 5.53. The predicted octanol–water partition coefficient (Wildman–Crippen LogP) is 3.28. The molecule has 20 heavy (non-hydrogen) atoms. The Kier molecular flexibility index (Phi) is 5.20. The fourth-order valence-corrected chi connectivity index (χ4v) is 2.72. The number of methoxy groups -OCH3 is 1. The summed E-state index contributed by atoms with van der Waals surface area (Å²) in [6.07, 6.45) is 4.88. The number of aromatic nitrogens is 2. The summed E-state index contributed by atoms with van der Waals surface area (Å²) >= 11 is 3.55. The van der Waals surface area contributed by atoms with Crippen LogP contribution in [0.1, 0.15) is 30.8 Å². The summed E-state index contributed by atoms with van der Waals surface area (Å²) in [4.78, 5) is 4.47. The highest BCUT2D eigenvalue weighted by molar-refractivity contribution is 9.10. The normalized spacial score (nSPS) is 12.4. The van der Waals surface area contributed by atoms with E-state index in [1.165, 1.54) is 5.56 Å². The van der Waals surface area contributed by atoms with E-state index in [1.807, 2.05) is 30.1 Å². The number of ether oxygens (including phenoxy) is 1. The fraction of sp³-hybridized carbons (Fsp3) is 0.400. The average molecular weight is 338 g/mol. The lowest BCUT2D eigenvalue weighted by molar-refractivity contribution is 0.411. The second kappa shape index (κ2) is 6.90. The molecule has 0 spiro atoms. The molecule has 2 aromatic rings. The Hall–Kier alpha value is -1.33. The number of rotatable bonds is 6. The Bertz CT molecular complexity index is 568. The molecule has 5 heteroatoms. The molecule has 1 unspecified atom stereocenters. The number of hydrogen-bond acceptors (Lipinski definition) is 3. The molecule has 0 saturated carbocycles. The van der Waals surface area contributed by atoms with Gasteiger partial charge < -0.3 is 14.6 Å². The van der Waals surface area contributed by atoms with E-state index in [0.29, 0.717) is 0 Å². The number of nitrogens with zero attached hydrogens (tertiary/aromatic N) is 2. The van der Waals surface area contributed by atoms with Gasteiger partial charge in [0.25, 0.3) is 0 Å². The molecule has 0 aliphatic carbocycles. The Morgan fingerprint density at radius 1 is 1.45 bits per heavy atom. The molecule has 1 N–H and O–H groups in total. The Morgan fingerprint density at radius 2 is 2.25 bits per heavy atom. The van der Waals surface area contributed by atoms with E-state index in [2.05, 4.69) is 45.3 Å².